The number of nitrogens with one attached hydrogen (secondary N) is 1. The van der Waals surface area contributed by atoms with E-state index in [0.29, 0.717) is 10.9 Å². The Labute approximate surface area is 74.1 Å². The van der Waals surface area contributed by atoms with E-state index in [2.05, 4.69) is 30.9 Å². The predicted molar refractivity (Wildman–Crippen MR) is 54.4 cm³/mol. The lowest BCUT2D eigenvalue weighted by molar-refractivity contribution is 0.518. The fourth-order valence-corrected chi connectivity index (χ4v) is 1.14. The van der Waals surface area contributed by atoms with Crippen LogP contribution in [0, 0.1) is 5.92 Å². The van der Waals surface area contributed by atoms with E-state index in [1.54, 1.807) is 0 Å². The maximum atomic E-state index is 5.00. The summed E-state index contributed by atoms with van der Waals surface area (Å²) in [6.07, 6.45) is 1.02. The highest BCUT2D eigenvalue weighted by Gasteiger charge is 2.11. The third-order valence-corrected chi connectivity index (χ3v) is 1.92. The molecule has 1 N–H and O–H groups in total. The Kier molecular flexibility index (Phi) is 5.24. The van der Waals surface area contributed by atoms with Crippen LogP contribution < -0.4 is 5.32 Å². The van der Waals surface area contributed by atoms with E-state index in [1.165, 1.54) is 0 Å². The van der Waals surface area contributed by atoms with Crippen molar-refractivity contribution in [2.75, 3.05) is 7.05 Å². The van der Waals surface area contributed by atoms with E-state index in [-0.39, 0.29) is 6.04 Å². The summed E-state index contributed by atoms with van der Waals surface area (Å²) in [6, 6.07) is 0.211. The van der Waals surface area contributed by atoms with Crippen molar-refractivity contribution in [3.05, 3.63) is 0 Å². The molecule has 0 rings (SSSR count). The summed E-state index contributed by atoms with van der Waals surface area (Å²) in [7, 11) is 1.89. The molecule has 11 heavy (non-hydrogen) atoms. The Morgan fingerprint density at radius 3 is 2.45 bits per heavy atom. The Balaban J connectivity index is 3.94. The zero-order valence-corrected chi connectivity index (χ0v) is 8.24. The molecule has 2 nitrogen and oxygen atoms in total. The molecule has 0 saturated carbocycles. The number of hydrogen-bond acceptors (Lipinski definition) is 2. The first-order valence-electron chi connectivity index (χ1n) is 3.79. The molecule has 0 radical (unpaired) electrons. The van der Waals surface area contributed by atoms with Crippen LogP contribution in [0.25, 0.3) is 0 Å². The normalized spacial score (nSPS) is 13.1. The molecule has 0 aliphatic heterocycles. The second-order valence-corrected chi connectivity index (χ2v) is 3.39. The quantitative estimate of drug-likeness (QED) is 0.515. The lowest BCUT2D eigenvalue weighted by Gasteiger charge is -2.15. The second-order valence-electron chi connectivity index (χ2n) is 2.97. The molecule has 0 fully saturated rings. The van der Waals surface area contributed by atoms with E-state index in [9.17, 15) is 0 Å². The third-order valence-electron chi connectivity index (χ3n) is 1.51. The van der Waals surface area contributed by atoms with Crippen LogP contribution in [0.4, 0.5) is 0 Å². The molecular formula is C8H16N2S. The third kappa shape index (κ3) is 4.22. The van der Waals surface area contributed by atoms with E-state index >= 15 is 0 Å². The van der Waals surface area contributed by atoms with Crippen molar-refractivity contribution in [2.24, 2.45) is 10.9 Å². The van der Waals surface area contributed by atoms with Crippen LogP contribution >= 0.6 is 12.2 Å². The molecule has 0 spiro atoms. The number of likely N-dealkylation sites (N-methyl/N-ethyl adjacent to an activating group) is 1. The number of aliphatic imine (C=N–C) groups is 1. The lowest BCUT2D eigenvalue weighted by atomic mass is 10.0. The summed E-state index contributed by atoms with van der Waals surface area (Å²) >= 11 is 5.00. The van der Waals surface area contributed by atoms with Gasteiger partial charge in [0.25, 0.3) is 0 Å². The van der Waals surface area contributed by atoms with Gasteiger partial charge in [-0.3, -0.25) is 4.99 Å². The molecule has 1 atom stereocenters. The molecule has 0 aromatic rings. The number of hydrogen-bond donors (Lipinski definition) is 1. The van der Waals surface area contributed by atoms with Crippen molar-refractivity contribution >= 4 is 23.9 Å². The van der Waals surface area contributed by atoms with Gasteiger partial charge in [0, 0.05) is 0 Å². The summed E-state index contributed by atoms with van der Waals surface area (Å²) in [5.74, 6) is 0.632. The maximum absolute atomic E-state index is 5.00. The molecule has 0 aromatic carbocycles. The van der Waals surface area contributed by atoms with E-state index in [4.69, 9.17) is 12.2 Å². The highest BCUT2D eigenvalue weighted by Crippen LogP contribution is 2.06. The van der Waals surface area contributed by atoms with Gasteiger partial charge in [0.1, 0.15) is 4.99 Å². The number of thiocarbonyl (C=S) groups is 1. The Bertz CT molecular complexity index is 143. The monoisotopic (exact) mass is 172 g/mol. The Morgan fingerprint density at radius 2 is 2.18 bits per heavy atom. The minimum absolute atomic E-state index is 0.211. The molecule has 0 saturated heterocycles. The van der Waals surface area contributed by atoms with Gasteiger partial charge < -0.3 is 5.32 Å². The number of rotatable bonds is 4. The SMILES string of the molecule is C=NC(=S)[C@H](CC(C)C)NC. The molecule has 0 unspecified atom stereocenters. The molecular weight excluding hydrogens is 156 g/mol. The first-order chi connectivity index (χ1) is 5.11. The van der Waals surface area contributed by atoms with E-state index in [1.807, 2.05) is 7.05 Å². The Morgan fingerprint density at radius 1 is 1.64 bits per heavy atom. The molecule has 0 aliphatic carbocycles. The molecule has 3 heteroatoms. The van der Waals surface area contributed by atoms with E-state index in [0.717, 1.165) is 6.42 Å². The first kappa shape index (κ1) is 10.7. The minimum atomic E-state index is 0.211. The second kappa shape index (κ2) is 5.38. The van der Waals surface area contributed by atoms with Crippen LogP contribution in [0.15, 0.2) is 4.99 Å². The van der Waals surface area contributed by atoms with Gasteiger partial charge in [0.05, 0.1) is 6.04 Å². The lowest BCUT2D eigenvalue weighted by Crippen LogP contribution is -2.32. The first-order valence-corrected chi connectivity index (χ1v) is 4.20. The van der Waals surface area contributed by atoms with Crippen LogP contribution in [0.5, 0.6) is 0 Å². The van der Waals surface area contributed by atoms with Crippen molar-refractivity contribution in [2.45, 2.75) is 26.3 Å². The van der Waals surface area contributed by atoms with Crippen molar-refractivity contribution in [3.8, 4) is 0 Å². The van der Waals surface area contributed by atoms with Crippen molar-refractivity contribution in [1.29, 1.82) is 0 Å². The van der Waals surface area contributed by atoms with Gasteiger partial charge in [-0.2, -0.15) is 0 Å². The molecule has 0 heterocycles. The van der Waals surface area contributed by atoms with Crippen molar-refractivity contribution < 1.29 is 0 Å². The average molecular weight is 172 g/mol. The summed E-state index contributed by atoms with van der Waals surface area (Å²) in [4.78, 5) is 4.40. The van der Waals surface area contributed by atoms with Gasteiger partial charge in [-0.1, -0.05) is 26.1 Å². The van der Waals surface area contributed by atoms with E-state index < -0.39 is 0 Å². The Hall–Kier alpha value is -0.280. The highest BCUT2D eigenvalue weighted by molar-refractivity contribution is 7.80. The fourth-order valence-electron chi connectivity index (χ4n) is 0.924. The standard InChI is InChI=1S/C8H16N2S/c1-6(2)5-7(9-3)8(11)10-4/h6-7,9H,4-5H2,1-3H3/t7-/m0/s1. The van der Waals surface area contributed by atoms with Crippen LogP contribution in [0.1, 0.15) is 20.3 Å². The molecule has 0 bridgehead atoms. The number of nitrogens with zero attached hydrogens (tertiary/aromatic N) is 1. The zero-order chi connectivity index (χ0) is 8.85. The van der Waals surface area contributed by atoms with Gasteiger partial charge in [-0.15, -0.1) is 0 Å². The van der Waals surface area contributed by atoms with Crippen LogP contribution in [0.3, 0.4) is 0 Å². The summed E-state index contributed by atoms with van der Waals surface area (Å²) in [6.45, 7) is 7.73. The smallest absolute Gasteiger partial charge is 0.119 e. The van der Waals surface area contributed by atoms with Gasteiger partial charge in [-0.25, -0.2) is 0 Å². The van der Waals surface area contributed by atoms with Crippen molar-refractivity contribution in [3.63, 3.8) is 0 Å². The summed E-state index contributed by atoms with van der Waals surface area (Å²) < 4.78 is 0. The topological polar surface area (TPSA) is 24.4 Å². The maximum Gasteiger partial charge on any atom is 0.119 e. The molecule has 64 valence electrons. The molecule has 0 aliphatic rings. The minimum Gasteiger partial charge on any atom is -0.311 e. The van der Waals surface area contributed by atoms with Crippen molar-refractivity contribution in [1.82, 2.24) is 5.32 Å². The summed E-state index contributed by atoms with van der Waals surface area (Å²) in [5, 5.41) is 3.11. The fraction of sp³-hybridized carbons (Fsp3) is 0.750. The van der Waals surface area contributed by atoms with Gasteiger partial charge in [-0.05, 0) is 26.1 Å². The highest BCUT2D eigenvalue weighted by atomic mass is 32.1. The van der Waals surface area contributed by atoms with Gasteiger partial charge in [0.2, 0.25) is 0 Å². The largest absolute Gasteiger partial charge is 0.311 e. The zero-order valence-electron chi connectivity index (χ0n) is 7.42. The average Bonchev–Trinajstić information content (AvgIpc) is 1.98. The van der Waals surface area contributed by atoms with Gasteiger partial charge >= 0.3 is 0 Å². The predicted octanol–water partition coefficient (Wildman–Crippen LogP) is 1.65. The molecule has 0 aromatic heterocycles. The van der Waals surface area contributed by atoms with Crippen LogP contribution in [-0.4, -0.2) is 24.8 Å². The van der Waals surface area contributed by atoms with Gasteiger partial charge in [0.15, 0.2) is 0 Å². The molecule has 0 amide bonds. The van der Waals surface area contributed by atoms with Crippen LogP contribution in [0.2, 0.25) is 0 Å². The van der Waals surface area contributed by atoms with Crippen LogP contribution in [-0.2, 0) is 0 Å². The summed E-state index contributed by atoms with van der Waals surface area (Å²) in [5.41, 5.74) is 0.